The van der Waals surface area contributed by atoms with Crippen LogP contribution in [0, 0.1) is 37.5 Å². The van der Waals surface area contributed by atoms with Gasteiger partial charge in [0.2, 0.25) is 0 Å². The number of aromatic nitrogens is 4. The highest BCUT2D eigenvalue weighted by atomic mass is 19.1. The van der Waals surface area contributed by atoms with Crippen LogP contribution in [0.25, 0.3) is 11.2 Å². The number of allylic oxidation sites excluding steroid dienone is 3. The van der Waals surface area contributed by atoms with Gasteiger partial charge < -0.3 is 43.4 Å². The molecule has 4 atom stereocenters. The van der Waals surface area contributed by atoms with Crippen LogP contribution in [0.1, 0.15) is 92.5 Å². The van der Waals surface area contributed by atoms with Crippen LogP contribution in [-0.2, 0) is 4.74 Å². The van der Waals surface area contributed by atoms with E-state index in [1.807, 2.05) is 65.3 Å². The fourth-order valence-electron chi connectivity index (χ4n) is 5.57. The molecular weight excluding hydrogens is 691 g/mol. The van der Waals surface area contributed by atoms with Crippen LogP contribution in [0.2, 0.25) is 0 Å². The van der Waals surface area contributed by atoms with Crippen molar-refractivity contribution in [2.75, 3.05) is 52.0 Å². The molecule has 0 amide bonds. The molecule has 1 fully saturated rings. The Bertz CT molecular complexity index is 1430. The van der Waals surface area contributed by atoms with Crippen molar-refractivity contribution in [3.8, 4) is 0 Å². The molecule has 1 aliphatic heterocycles. The van der Waals surface area contributed by atoms with Crippen molar-refractivity contribution >= 4 is 17.0 Å². The molecule has 0 radical (unpaired) electrons. The van der Waals surface area contributed by atoms with E-state index < -0.39 is 6.10 Å². The summed E-state index contributed by atoms with van der Waals surface area (Å²) in [4.78, 5) is 15.3. The van der Waals surface area contributed by atoms with Crippen LogP contribution < -0.4 is 28.7 Å². The predicted octanol–water partition coefficient (Wildman–Crippen LogP) is 5.99. The van der Waals surface area contributed by atoms with Crippen LogP contribution in [0.3, 0.4) is 0 Å². The Morgan fingerprint density at radius 2 is 1.48 bits per heavy atom. The first kappa shape index (κ1) is 50.9. The Morgan fingerprint density at radius 1 is 0.870 bits per heavy atom. The fraction of sp³-hybridized carbons (Fsp3) is 0.675. The maximum Gasteiger partial charge on any atom is 0.168 e. The van der Waals surface area contributed by atoms with Gasteiger partial charge in [-0.2, -0.15) is 0 Å². The average Bonchev–Trinajstić information content (AvgIpc) is 3.54. The van der Waals surface area contributed by atoms with Crippen molar-refractivity contribution in [2.45, 2.75) is 107 Å². The lowest BCUT2D eigenvalue weighted by Gasteiger charge is -2.22. The zero-order chi connectivity index (χ0) is 41.5. The number of hydrogen-bond donors (Lipinski definition) is 6. The summed E-state index contributed by atoms with van der Waals surface area (Å²) in [5, 5.41) is 10.7. The number of rotatable bonds is 15. The minimum absolute atomic E-state index is 0.0344. The van der Waals surface area contributed by atoms with E-state index in [4.69, 9.17) is 33.4 Å². The number of ether oxygens (including phenoxy) is 1. The van der Waals surface area contributed by atoms with Gasteiger partial charge in [0.25, 0.3) is 0 Å². The highest BCUT2D eigenvalue weighted by Crippen LogP contribution is 2.37. The Morgan fingerprint density at radius 3 is 2.00 bits per heavy atom. The molecule has 0 aromatic carbocycles. The summed E-state index contributed by atoms with van der Waals surface area (Å²) in [6.45, 7) is 23.2. The summed E-state index contributed by atoms with van der Waals surface area (Å²) in [6.07, 6.45) is 10.2. The van der Waals surface area contributed by atoms with Crippen molar-refractivity contribution in [1.29, 1.82) is 0 Å². The molecule has 0 bridgehead atoms. The predicted molar refractivity (Wildman–Crippen MR) is 222 cm³/mol. The maximum absolute atomic E-state index is 12.4. The Balaban J connectivity index is 0.000000852. The van der Waals surface area contributed by atoms with Crippen molar-refractivity contribution in [3.63, 3.8) is 0 Å². The molecule has 2 aromatic rings. The van der Waals surface area contributed by atoms with Crippen molar-refractivity contribution in [2.24, 2.45) is 46.6 Å². The number of fused-ring (bicyclic) bond motifs is 1. The number of aliphatic hydroxyl groups excluding tert-OH is 1. The van der Waals surface area contributed by atoms with Gasteiger partial charge in [-0.3, -0.25) is 4.57 Å². The van der Waals surface area contributed by atoms with Gasteiger partial charge in [-0.15, -0.1) is 0 Å². The minimum Gasteiger partial charge on any atom is -0.390 e. The van der Waals surface area contributed by atoms with E-state index in [1.54, 1.807) is 13.0 Å². The number of anilines is 1. The van der Waals surface area contributed by atoms with E-state index in [0.717, 1.165) is 24.7 Å². The molecule has 14 heteroatoms. The molecule has 2 aromatic heterocycles. The first-order chi connectivity index (χ1) is 25.3. The van der Waals surface area contributed by atoms with Gasteiger partial charge in [-0.05, 0) is 64.5 Å². The van der Waals surface area contributed by atoms with Gasteiger partial charge in [0.1, 0.15) is 23.7 Å². The highest BCUT2D eigenvalue weighted by molar-refractivity contribution is 5.82. The molecule has 0 spiro atoms. The van der Waals surface area contributed by atoms with E-state index in [0.29, 0.717) is 67.2 Å². The monoisotopic (exact) mass is 765 g/mol. The van der Waals surface area contributed by atoms with E-state index in [-0.39, 0.29) is 36.4 Å². The van der Waals surface area contributed by atoms with Crippen molar-refractivity contribution in [1.82, 2.24) is 24.4 Å². The van der Waals surface area contributed by atoms with Gasteiger partial charge in [0.05, 0.1) is 18.0 Å². The summed E-state index contributed by atoms with van der Waals surface area (Å²) in [5.41, 5.74) is 29.5. The molecule has 3 heterocycles. The second kappa shape index (κ2) is 27.5. The van der Waals surface area contributed by atoms with E-state index >= 15 is 0 Å². The summed E-state index contributed by atoms with van der Waals surface area (Å²) in [7, 11) is 1.99. The van der Waals surface area contributed by atoms with Crippen molar-refractivity contribution in [3.05, 3.63) is 59.3 Å². The summed E-state index contributed by atoms with van der Waals surface area (Å²) >= 11 is 0. The minimum atomic E-state index is -0.590. The molecule has 2 unspecified atom stereocenters. The van der Waals surface area contributed by atoms with Gasteiger partial charge in [0, 0.05) is 51.6 Å². The number of halogens is 2. The third kappa shape index (κ3) is 20.0. The lowest BCUT2D eigenvalue weighted by Crippen LogP contribution is -2.36. The number of nitrogens with two attached hydrogens (primary N) is 5. The van der Waals surface area contributed by atoms with E-state index in [1.165, 1.54) is 18.1 Å². The normalized spacial score (nSPS) is 19.4. The largest absolute Gasteiger partial charge is 0.390 e. The third-order valence-corrected chi connectivity index (χ3v) is 8.15. The number of likely N-dealkylation sites (N-methyl/N-ethyl adjacent to an activating group) is 1. The SMILES string of the molecule is C/C(=C/CN)CC(C)C.CC(C)C/C(F)=C\CN.CC(C)C/C=C(/F)CN.Cc1nc(N)c2nc(C)n(C3O[C@H](CN(C)C/C=C\CN)[C@@H](O)C3C)c2n1. The maximum atomic E-state index is 12.4. The van der Waals surface area contributed by atoms with E-state index in [9.17, 15) is 13.9 Å². The molecular formula is C40H74F2N10O2. The quantitative estimate of drug-likeness (QED) is 0.116. The van der Waals surface area contributed by atoms with E-state index in [2.05, 4.69) is 46.7 Å². The summed E-state index contributed by atoms with van der Waals surface area (Å²) < 4.78 is 32.8. The van der Waals surface area contributed by atoms with Crippen LogP contribution >= 0.6 is 0 Å². The van der Waals surface area contributed by atoms with Crippen LogP contribution in [0.4, 0.5) is 14.6 Å². The zero-order valence-corrected chi connectivity index (χ0v) is 35.0. The standard InChI is InChI=1S/C18H29N7O2.C8H17N.2C7H14FN/c1-10-15(26)13(9-24(4)8-6-5-7-19)27-18(10)25-12(3)23-14-16(20)21-11(2)22-17(14)25;1-7(2)6-8(3)4-5-9;1-6(2)5-7(8)3-4-9;1-6(2)3-4-7(8)5-9/h5-6,10,13,15,18,26H,7-9,19H2,1-4H3,(H2,20,21,22);4,7H,5-6,9H2,1-3H3;3,6H,4-5,9H2,1-2H3;4,6H,3,5,9H2,1-2H3/b6-5-;8-4-;7-3+;7-4+/t10?,13-,15+,18?;;;/m1.../s1. The first-order valence-electron chi connectivity index (χ1n) is 19.1. The molecule has 0 aliphatic carbocycles. The van der Waals surface area contributed by atoms with Gasteiger partial charge in [-0.25, -0.2) is 23.7 Å². The second-order valence-electron chi connectivity index (χ2n) is 15.1. The topological polar surface area (TPSA) is 206 Å². The molecule has 11 N–H and O–H groups in total. The second-order valence-corrected chi connectivity index (χ2v) is 15.1. The number of imidazole rings is 1. The number of aryl methyl sites for hydroxylation is 2. The van der Waals surface area contributed by atoms with Gasteiger partial charge in [-0.1, -0.05) is 78.3 Å². The van der Waals surface area contributed by atoms with Crippen LogP contribution in [0.5, 0.6) is 0 Å². The number of hydrogen-bond acceptors (Lipinski definition) is 11. The molecule has 0 saturated carbocycles. The average molecular weight is 765 g/mol. The number of aliphatic hydroxyl groups is 1. The summed E-state index contributed by atoms with van der Waals surface area (Å²) in [5.74, 6) is 2.92. The molecule has 12 nitrogen and oxygen atoms in total. The van der Waals surface area contributed by atoms with Gasteiger partial charge >= 0.3 is 0 Å². The number of nitrogens with zero attached hydrogens (tertiary/aromatic N) is 5. The highest BCUT2D eigenvalue weighted by Gasteiger charge is 2.43. The molecule has 54 heavy (non-hydrogen) atoms. The zero-order valence-electron chi connectivity index (χ0n) is 35.0. The summed E-state index contributed by atoms with van der Waals surface area (Å²) in [6, 6.07) is 0. The van der Waals surface area contributed by atoms with Crippen molar-refractivity contribution < 1.29 is 18.6 Å². The molecule has 310 valence electrons. The Labute approximate surface area is 324 Å². The lowest BCUT2D eigenvalue weighted by atomic mass is 10.0. The number of nitrogen functional groups attached to an aromatic ring is 1. The molecule has 1 saturated heterocycles. The third-order valence-electron chi connectivity index (χ3n) is 8.15. The van der Waals surface area contributed by atoms with Crippen LogP contribution in [0.15, 0.2) is 47.6 Å². The van der Waals surface area contributed by atoms with Crippen LogP contribution in [-0.4, -0.2) is 88.0 Å². The smallest absolute Gasteiger partial charge is 0.168 e. The Hall–Kier alpha value is -3.11. The molecule has 1 aliphatic rings. The molecule has 3 rings (SSSR count). The first-order valence-corrected chi connectivity index (χ1v) is 19.1. The Kier molecular flexibility index (Phi) is 25.9. The lowest BCUT2D eigenvalue weighted by molar-refractivity contribution is -0.0318. The van der Waals surface area contributed by atoms with Gasteiger partial charge in [0.15, 0.2) is 17.0 Å². The fourth-order valence-corrected chi connectivity index (χ4v) is 5.57.